The van der Waals surface area contributed by atoms with Crippen LogP contribution in [0.25, 0.3) is 0 Å². The number of aromatic amines is 1. The predicted octanol–water partition coefficient (Wildman–Crippen LogP) is 1.14. The third-order valence-electron chi connectivity index (χ3n) is 3.40. The summed E-state index contributed by atoms with van der Waals surface area (Å²) in [5.41, 5.74) is 6.98. The number of nitrogens with zero attached hydrogens (tertiary/aromatic N) is 1. The van der Waals surface area contributed by atoms with Crippen LogP contribution in [0.2, 0.25) is 0 Å². The average molecular weight is 259 g/mol. The molecule has 1 amide bonds. The molecule has 0 unspecified atom stereocenters. The lowest BCUT2D eigenvalue weighted by Crippen LogP contribution is -2.51. The quantitative estimate of drug-likeness (QED) is 0.760. The van der Waals surface area contributed by atoms with Gasteiger partial charge in [0.25, 0.3) is 5.91 Å². The van der Waals surface area contributed by atoms with Crippen molar-refractivity contribution in [1.29, 1.82) is 0 Å². The first-order valence-corrected chi connectivity index (χ1v) is 5.69. The molecular formula is C11H19ClN4O. The molecule has 0 spiro atoms. The van der Waals surface area contributed by atoms with Crippen LogP contribution in [0, 0.1) is 6.92 Å². The van der Waals surface area contributed by atoms with Crippen molar-refractivity contribution in [2.45, 2.75) is 38.1 Å². The molecule has 17 heavy (non-hydrogen) atoms. The van der Waals surface area contributed by atoms with E-state index >= 15 is 0 Å². The first-order valence-electron chi connectivity index (χ1n) is 5.69. The zero-order chi connectivity index (χ0) is 11.6. The highest BCUT2D eigenvalue weighted by Gasteiger charge is 2.34. The topological polar surface area (TPSA) is 83.8 Å². The van der Waals surface area contributed by atoms with Crippen molar-refractivity contribution < 1.29 is 4.79 Å². The van der Waals surface area contributed by atoms with Gasteiger partial charge in [-0.15, -0.1) is 12.4 Å². The maximum Gasteiger partial charge on any atom is 0.255 e. The van der Waals surface area contributed by atoms with Gasteiger partial charge >= 0.3 is 0 Å². The Morgan fingerprint density at radius 2 is 2.24 bits per heavy atom. The number of nitrogens with two attached hydrogens (primary N) is 1. The smallest absolute Gasteiger partial charge is 0.255 e. The summed E-state index contributed by atoms with van der Waals surface area (Å²) in [5, 5.41) is 9.67. The molecule has 6 heteroatoms. The number of hydrogen-bond donors (Lipinski definition) is 3. The Hall–Kier alpha value is -1.07. The fraction of sp³-hybridized carbons (Fsp3) is 0.636. The van der Waals surface area contributed by atoms with Gasteiger partial charge in [-0.3, -0.25) is 9.89 Å². The highest BCUT2D eigenvalue weighted by molar-refractivity contribution is 5.95. The van der Waals surface area contributed by atoms with Crippen LogP contribution in [0.4, 0.5) is 0 Å². The fourth-order valence-corrected chi connectivity index (χ4v) is 2.32. The van der Waals surface area contributed by atoms with E-state index in [4.69, 9.17) is 5.73 Å². The Labute approximate surface area is 107 Å². The molecule has 96 valence electrons. The fourth-order valence-electron chi connectivity index (χ4n) is 2.32. The third-order valence-corrected chi connectivity index (χ3v) is 3.40. The van der Waals surface area contributed by atoms with Crippen LogP contribution >= 0.6 is 12.4 Å². The molecule has 0 bridgehead atoms. The number of halogens is 1. The van der Waals surface area contributed by atoms with Crippen molar-refractivity contribution in [1.82, 2.24) is 15.5 Å². The first kappa shape index (κ1) is 14.0. The summed E-state index contributed by atoms with van der Waals surface area (Å²) in [6.45, 7) is 2.35. The Bertz CT molecular complexity index is 385. The van der Waals surface area contributed by atoms with Crippen molar-refractivity contribution in [3.8, 4) is 0 Å². The van der Waals surface area contributed by atoms with Crippen LogP contribution in [0.1, 0.15) is 41.7 Å². The molecule has 1 heterocycles. The normalized spacial score (nSPS) is 17.5. The maximum atomic E-state index is 12.0. The van der Waals surface area contributed by atoms with Gasteiger partial charge in [-0.2, -0.15) is 5.10 Å². The summed E-state index contributed by atoms with van der Waals surface area (Å²) in [6, 6.07) is 0. The molecule has 1 aliphatic carbocycles. The van der Waals surface area contributed by atoms with E-state index in [-0.39, 0.29) is 23.9 Å². The molecule has 1 aromatic heterocycles. The van der Waals surface area contributed by atoms with Gasteiger partial charge in [-0.1, -0.05) is 12.8 Å². The van der Waals surface area contributed by atoms with E-state index in [9.17, 15) is 4.79 Å². The monoisotopic (exact) mass is 258 g/mol. The molecular weight excluding hydrogens is 240 g/mol. The molecule has 0 aliphatic heterocycles. The van der Waals surface area contributed by atoms with E-state index in [1.165, 1.54) is 0 Å². The van der Waals surface area contributed by atoms with Crippen molar-refractivity contribution in [3.63, 3.8) is 0 Å². The van der Waals surface area contributed by atoms with Gasteiger partial charge in [0.1, 0.15) is 0 Å². The lowest BCUT2D eigenvalue weighted by Gasteiger charge is -2.28. The van der Waals surface area contributed by atoms with Crippen LogP contribution in [-0.4, -0.2) is 28.2 Å². The Morgan fingerprint density at radius 1 is 1.59 bits per heavy atom. The summed E-state index contributed by atoms with van der Waals surface area (Å²) in [6.07, 6.45) is 5.80. The molecule has 0 radical (unpaired) electrons. The Kier molecular flexibility index (Phi) is 4.54. The van der Waals surface area contributed by atoms with E-state index in [1.54, 1.807) is 6.20 Å². The molecule has 1 aromatic rings. The number of carbonyl (C=O) groups is 1. The molecule has 0 aromatic carbocycles. The molecule has 5 nitrogen and oxygen atoms in total. The minimum Gasteiger partial charge on any atom is -0.345 e. The van der Waals surface area contributed by atoms with Crippen molar-refractivity contribution in [3.05, 3.63) is 17.5 Å². The largest absolute Gasteiger partial charge is 0.345 e. The number of H-pyrrole nitrogens is 1. The second-order valence-electron chi connectivity index (χ2n) is 4.55. The van der Waals surface area contributed by atoms with E-state index in [0.29, 0.717) is 12.1 Å². The van der Waals surface area contributed by atoms with Gasteiger partial charge in [0.15, 0.2) is 0 Å². The maximum absolute atomic E-state index is 12.0. The van der Waals surface area contributed by atoms with E-state index < -0.39 is 0 Å². The second-order valence-corrected chi connectivity index (χ2v) is 4.55. The standard InChI is InChI=1S/C11H18N4O.ClH/c1-8-9(6-13-15-8)10(16)14-11(7-12)4-2-3-5-11;/h6H,2-5,7,12H2,1H3,(H,13,15)(H,14,16);1H. The predicted molar refractivity (Wildman–Crippen MR) is 68.3 cm³/mol. The number of nitrogens with one attached hydrogen (secondary N) is 2. The van der Waals surface area contributed by atoms with E-state index in [0.717, 1.165) is 31.4 Å². The molecule has 1 aliphatic rings. The van der Waals surface area contributed by atoms with Gasteiger partial charge in [-0.25, -0.2) is 0 Å². The van der Waals surface area contributed by atoms with Crippen LogP contribution < -0.4 is 11.1 Å². The van der Waals surface area contributed by atoms with Crippen molar-refractivity contribution in [2.75, 3.05) is 6.54 Å². The first-order chi connectivity index (χ1) is 7.67. The number of rotatable bonds is 3. The van der Waals surface area contributed by atoms with Crippen LogP contribution in [0.5, 0.6) is 0 Å². The molecule has 1 saturated carbocycles. The Balaban J connectivity index is 0.00000144. The number of aryl methyl sites for hydroxylation is 1. The highest BCUT2D eigenvalue weighted by atomic mass is 35.5. The third kappa shape index (κ3) is 2.79. The van der Waals surface area contributed by atoms with Crippen molar-refractivity contribution in [2.24, 2.45) is 5.73 Å². The van der Waals surface area contributed by atoms with Crippen LogP contribution in [-0.2, 0) is 0 Å². The minimum absolute atomic E-state index is 0. The van der Waals surface area contributed by atoms with E-state index in [1.807, 2.05) is 6.92 Å². The lowest BCUT2D eigenvalue weighted by molar-refractivity contribution is 0.0902. The molecule has 2 rings (SSSR count). The second kappa shape index (κ2) is 5.51. The van der Waals surface area contributed by atoms with Crippen LogP contribution in [0.15, 0.2) is 6.20 Å². The number of carbonyl (C=O) groups excluding carboxylic acids is 1. The summed E-state index contributed by atoms with van der Waals surface area (Å²) >= 11 is 0. The van der Waals surface area contributed by atoms with Gasteiger partial charge in [0, 0.05) is 12.2 Å². The number of hydrogen-bond acceptors (Lipinski definition) is 3. The van der Waals surface area contributed by atoms with Crippen molar-refractivity contribution >= 4 is 18.3 Å². The molecule has 1 fully saturated rings. The average Bonchev–Trinajstić information content (AvgIpc) is 2.87. The number of amides is 1. The van der Waals surface area contributed by atoms with Gasteiger partial charge in [0.2, 0.25) is 0 Å². The summed E-state index contributed by atoms with van der Waals surface area (Å²) < 4.78 is 0. The summed E-state index contributed by atoms with van der Waals surface area (Å²) in [7, 11) is 0. The highest BCUT2D eigenvalue weighted by Crippen LogP contribution is 2.28. The zero-order valence-electron chi connectivity index (χ0n) is 9.95. The molecule has 0 atom stereocenters. The minimum atomic E-state index is -0.194. The molecule has 0 saturated heterocycles. The van der Waals surface area contributed by atoms with Gasteiger partial charge in [0.05, 0.1) is 17.3 Å². The Morgan fingerprint density at radius 3 is 2.71 bits per heavy atom. The van der Waals surface area contributed by atoms with E-state index in [2.05, 4.69) is 15.5 Å². The lowest BCUT2D eigenvalue weighted by atomic mass is 9.97. The summed E-state index contributed by atoms with van der Waals surface area (Å²) in [4.78, 5) is 12.0. The molecule has 4 N–H and O–H groups in total. The van der Waals surface area contributed by atoms with Gasteiger partial charge in [-0.05, 0) is 19.8 Å². The number of aromatic nitrogens is 2. The summed E-state index contributed by atoms with van der Waals surface area (Å²) in [5.74, 6) is -0.0707. The SMILES string of the molecule is Cc1[nH]ncc1C(=O)NC1(CN)CCCC1.Cl. The zero-order valence-corrected chi connectivity index (χ0v) is 10.8. The van der Waals surface area contributed by atoms with Crippen LogP contribution in [0.3, 0.4) is 0 Å². The van der Waals surface area contributed by atoms with Gasteiger partial charge < -0.3 is 11.1 Å².